The van der Waals surface area contributed by atoms with Crippen LogP contribution in [0.2, 0.25) is 4.34 Å². The van der Waals surface area contributed by atoms with E-state index in [1.807, 2.05) is 6.07 Å². The van der Waals surface area contributed by atoms with Gasteiger partial charge in [-0.1, -0.05) is 11.6 Å². The molecule has 1 aromatic rings. The summed E-state index contributed by atoms with van der Waals surface area (Å²) in [4.78, 5) is 1.31. The Bertz CT molecular complexity index is 297. The smallest absolute Gasteiger partial charge is 0.0931 e. The molecule has 0 radical (unpaired) electrons. The lowest BCUT2D eigenvalue weighted by Gasteiger charge is -2.07. The lowest BCUT2D eigenvalue weighted by Crippen LogP contribution is -2.17. The summed E-state index contributed by atoms with van der Waals surface area (Å²) in [7, 11) is 0. The summed E-state index contributed by atoms with van der Waals surface area (Å²) in [6, 6.07) is 4.03. The Balaban J connectivity index is 1.58. The highest BCUT2D eigenvalue weighted by Crippen LogP contribution is 2.21. The van der Waals surface area contributed by atoms with Gasteiger partial charge >= 0.3 is 0 Å². The van der Waals surface area contributed by atoms with E-state index in [2.05, 4.69) is 11.4 Å². The summed E-state index contributed by atoms with van der Waals surface area (Å²) in [6.07, 6.45) is 2.45. The van der Waals surface area contributed by atoms with Crippen LogP contribution >= 0.6 is 22.9 Å². The first kappa shape index (κ1) is 11.4. The number of hydrogen-bond acceptors (Lipinski definition) is 3. The van der Waals surface area contributed by atoms with Crippen LogP contribution in [0, 0.1) is 5.92 Å². The van der Waals surface area contributed by atoms with Crippen LogP contribution in [0.3, 0.4) is 0 Å². The second kappa shape index (κ2) is 5.85. The molecule has 84 valence electrons. The largest absolute Gasteiger partial charge is 0.381 e. The number of rotatable bonds is 5. The normalized spacial score (nSPS) is 21.0. The molecule has 1 saturated heterocycles. The van der Waals surface area contributed by atoms with Crippen LogP contribution in [-0.4, -0.2) is 19.8 Å². The Hall–Kier alpha value is -0.0900. The van der Waals surface area contributed by atoms with Crippen molar-refractivity contribution in [3.05, 3.63) is 21.3 Å². The zero-order chi connectivity index (χ0) is 10.5. The van der Waals surface area contributed by atoms with Crippen LogP contribution in [0.5, 0.6) is 0 Å². The summed E-state index contributed by atoms with van der Waals surface area (Å²) < 4.78 is 6.20. The van der Waals surface area contributed by atoms with Crippen molar-refractivity contribution in [1.29, 1.82) is 0 Å². The van der Waals surface area contributed by atoms with Gasteiger partial charge in [-0.05, 0) is 37.4 Å². The standard InChI is InChI=1S/C11H16ClNOS/c12-11-2-1-10(15-11)7-13-5-3-9-4-6-14-8-9/h1-2,9,13H,3-8H2. The molecule has 1 aliphatic heterocycles. The van der Waals surface area contributed by atoms with Crippen molar-refractivity contribution in [3.8, 4) is 0 Å². The second-order valence-electron chi connectivity index (χ2n) is 3.90. The van der Waals surface area contributed by atoms with E-state index in [9.17, 15) is 0 Å². The minimum absolute atomic E-state index is 0.768. The van der Waals surface area contributed by atoms with Crippen LogP contribution in [0.15, 0.2) is 12.1 Å². The molecule has 1 aliphatic rings. The fraction of sp³-hybridized carbons (Fsp3) is 0.636. The third kappa shape index (κ3) is 3.76. The van der Waals surface area contributed by atoms with E-state index < -0.39 is 0 Å². The third-order valence-corrected chi connectivity index (χ3v) is 3.91. The van der Waals surface area contributed by atoms with E-state index in [1.54, 1.807) is 11.3 Å². The highest BCUT2D eigenvalue weighted by Gasteiger charge is 2.14. The SMILES string of the molecule is Clc1ccc(CNCCC2CCOC2)s1. The molecule has 2 nitrogen and oxygen atoms in total. The Morgan fingerprint density at radius 1 is 1.53 bits per heavy atom. The van der Waals surface area contributed by atoms with Crippen LogP contribution in [0.25, 0.3) is 0 Å². The lowest BCUT2D eigenvalue weighted by atomic mass is 10.1. The second-order valence-corrected chi connectivity index (χ2v) is 5.70. The van der Waals surface area contributed by atoms with E-state index in [4.69, 9.17) is 16.3 Å². The molecule has 0 spiro atoms. The topological polar surface area (TPSA) is 21.3 Å². The number of nitrogens with one attached hydrogen (secondary N) is 1. The van der Waals surface area contributed by atoms with Gasteiger partial charge in [0, 0.05) is 24.6 Å². The van der Waals surface area contributed by atoms with Crippen LogP contribution in [0.1, 0.15) is 17.7 Å². The molecule has 1 atom stereocenters. The molecule has 1 aromatic heterocycles. The average molecular weight is 246 g/mol. The predicted octanol–water partition coefficient (Wildman–Crippen LogP) is 2.92. The van der Waals surface area contributed by atoms with E-state index in [0.29, 0.717) is 0 Å². The molecule has 0 amide bonds. The Labute approximate surface area is 99.6 Å². The van der Waals surface area contributed by atoms with Crippen molar-refractivity contribution >= 4 is 22.9 Å². The van der Waals surface area contributed by atoms with Gasteiger partial charge in [0.2, 0.25) is 0 Å². The van der Waals surface area contributed by atoms with Gasteiger partial charge < -0.3 is 10.1 Å². The van der Waals surface area contributed by atoms with Crippen molar-refractivity contribution in [2.45, 2.75) is 19.4 Å². The van der Waals surface area contributed by atoms with Gasteiger partial charge in [0.15, 0.2) is 0 Å². The summed E-state index contributed by atoms with van der Waals surface area (Å²) in [5.41, 5.74) is 0. The maximum absolute atomic E-state index is 5.85. The highest BCUT2D eigenvalue weighted by molar-refractivity contribution is 7.16. The maximum atomic E-state index is 5.85. The number of hydrogen-bond donors (Lipinski definition) is 1. The molecular formula is C11H16ClNOS. The molecule has 4 heteroatoms. The van der Waals surface area contributed by atoms with E-state index in [-0.39, 0.29) is 0 Å². The quantitative estimate of drug-likeness (QED) is 0.806. The van der Waals surface area contributed by atoms with Crippen LogP contribution in [0.4, 0.5) is 0 Å². The summed E-state index contributed by atoms with van der Waals surface area (Å²) in [5, 5.41) is 3.44. The van der Waals surface area contributed by atoms with Gasteiger partial charge in [-0.25, -0.2) is 0 Å². The number of halogens is 1. The van der Waals surface area contributed by atoms with Gasteiger partial charge in [0.25, 0.3) is 0 Å². The first-order valence-electron chi connectivity index (χ1n) is 5.37. The fourth-order valence-corrected chi connectivity index (χ4v) is 2.83. The molecule has 1 unspecified atom stereocenters. The van der Waals surface area contributed by atoms with Gasteiger partial charge in [-0.15, -0.1) is 11.3 Å². The Morgan fingerprint density at radius 3 is 3.13 bits per heavy atom. The van der Waals surface area contributed by atoms with Crippen LogP contribution < -0.4 is 5.32 Å². The third-order valence-electron chi connectivity index (χ3n) is 2.68. The molecular weight excluding hydrogens is 230 g/mol. The van der Waals surface area contributed by atoms with E-state index >= 15 is 0 Å². The molecule has 1 N–H and O–H groups in total. The maximum Gasteiger partial charge on any atom is 0.0931 e. The monoisotopic (exact) mass is 245 g/mol. The van der Waals surface area contributed by atoms with E-state index in [0.717, 1.165) is 36.6 Å². The van der Waals surface area contributed by atoms with Crippen molar-refractivity contribution in [2.75, 3.05) is 19.8 Å². The minimum Gasteiger partial charge on any atom is -0.381 e. The van der Waals surface area contributed by atoms with Gasteiger partial charge in [-0.3, -0.25) is 0 Å². The lowest BCUT2D eigenvalue weighted by molar-refractivity contribution is 0.184. The van der Waals surface area contributed by atoms with Crippen LogP contribution in [-0.2, 0) is 11.3 Å². The van der Waals surface area contributed by atoms with Gasteiger partial charge in [0.05, 0.1) is 4.34 Å². The highest BCUT2D eigenvalue weighted by atomic mass is 35.5. The molecule has 0 aromatic carbocycles. The van der Waals surface area contributed by atoms with Gasteiger partial charge in [0.1, 0.15) is 0 Å². The summed E-state index contributed by atoms with van der Waals surface area (Å²) in [5.74, 6) is 0.768. The molecule has 2 rings (SSSR count). The first-order valence-corrected chi connectivity index (χ1v) is 6.57. The van der Waals surface area contributed by atoms with Crippen molar-refractivity contribution in [1.82, 2.24) is 5.32 Å². The summed E-state index contributed by atoms with van der Waals surface area (Å²) in [6.45, 7) is 3.91. The average Bonchev–Trinajstić information content (AvgIpc) is 2.84. The van der Waals surface area contributed by atoms with Crippen molar-refractivity contribution < 1.29 is 4.74 Å². The molecule has 0 bridgehead atoms. The Morgan fingerprint density at radius 2 is 2.47 bits per heavy atom. The molecule has 1 fully saturated rings. The summed E-state index contributed by atoms with van der Waals surface area (Å²) >= 11 is 7.50. The molecule has 15 heavy (non-hydrogen) atoms. The fourth-order valence-electron chi connectivity index (χ4n) is 1.78. The van der Waals surface area contributed by atoms with Crippen molar-refractivity contribution in [3.63, 3.8) is 0 Å². The minimum atomic E-state index is 0.768. The molecule has 0 saturated carbocycles. The molecule has 0 aliphatic carbocycles. The first-order chi connectivity index (χ1) is 7.34. The van der Waals surface area contributed by atoms with E-state index in [1.165, 1.54) is 17.7 Å². The Kier molecular flexibility index (Phi) is 4.44. The number of ether oxygens (including phenoxy) is 1. The predicted molar refractivity (Wildman–Crippen MR) is 64.6 cm³/mol. The number of thiophene rings is 1. The zero-order valence-electron chi connectivity index (χ0n) is 8.67. The van der Waals surface area contributed by atoms with Gasteiger partial charge in [-0.2, -0.15) is 0 Å². The van der Waals surface area contributed by atoms with Crippen molar-refractivity contribution in [2.24, 2.45) is 5.92 Å². The molecule has 2 heterocycles. The zero-order valence-corrected chi connectivity index (χ0v) is 10.2.